The summed E-state index contributed by atoms with van der Waals surface area (Å²) in [6.45, 7) is 0.971. The first-order chi connectivity index (χ1) is 10.2. The molecule has 0 spiro atoms. The molecule has 0 unspecified atom stereocenters. The molecule has 0 atom stereocenters. The second-order valence-corrected chi connectivity index (χ2v) is 5.57. The maximum atomic E-state index is 13.4. The molecular weight excluding hydrogens is 292 g/mol. The third-order valence-corrected chi connectivity index (χ3v) is 4.03. The maximum absolute atomic E-state index is 13.4. The van der Waals surface area contributed by atoms with Crippen molar-refractivity contribution < 1.29 is 13.5 Å². The first kappa shape index (κ1) is 15.8. The van der Waals surface area contributed by atoms with E-state index in [9.17, 15) is 8.78 Å². The van der Waals surface area contributed by atoms with Gasteiger partial charge in [-0.15, -0.1) is 11.8 Å². The van der Waals surface area contributed by atoms with E-state index in [1.807, 2.05) is 24.3 Å². The summed E-state index contributed by atoms with van der Waals surface area (Å²) in [5.74, 6) is 0.416. The van der Waals surface area contributed by atoms with Crippen molar-refractivity contribution in [3.8, 4) is 5.75 Å². The van der Waals surface area contributed by atoms with E-state index in [-0.39, 0.29) is 0 Å². The summed E-state index contributed by atoms with van der Waals surface area (Å²) in [4.78, 5) is 0.457. The van der Waals surface area contributed by atoms with E-state index in [1.54, 1.807) is 0 Å². The van der Waals surface area contributed by atoms with Crippen molar-refractivity contribution >= 4 is 11.8 Å². The second kappa shape index (κ2) is 8.00. The van der Waals surface area contributed by atoms with Crippen molar-refractivity contribution in [2.45, 2.75) is 17.9 Å². The Hall–Kier alpha value is -1.59. The van der Waals surface area contributed by atoms with E-state index in [1.165, 1.54) is 23.9 Å². The molecule has 0 aromatic heterocycles. The summed E-state index contributed by atoms with van der Waals surface area (Å²) in [6, 6.07) is 11.3. The van der Waals surface area contributed by atoms with Gasteiger partial charge in [0, 0.05) is 28.8 Å². The van der Waals surface area contributed by atoms with Gasteiger partial charge in [0.1, 0.15) is 17.4 Å². The molecule has 0 saturated heterocycles. The minimum Gasteiger partial charge on any atom is -0.493 e. The fourth-order valence-electron chi connectivity index (χ4n) is 1.83. The highest BCUT2D eigenvalue weighted by Crippen LogP contribution is 2.23. The highest BCUT2D eigenvalue weighted by atomic mass is 32.2. The Morgan fingerprint density at radius 3 is 2.67 bits per heavy atom. The highest BCUT2D eigenvalue weighted by molar-refractivity contribution is 7.99. The molecule has 2 nitrogen and oxygen atoms in total. The van der Waals surface area contributed by atoms with Crippen LogP contribution in [-0.4, -0.2) is 12.4 Å². The Labute approximate surface area is 127 Å². The number of para-hydroxylation sites is 1. The fraction of sp³-hybridized carbons (Fsp3) is 0.250. The van der Waals surface area contributed by atoms with Crippen molar-refractivity contribution in [3.63, 3.8) is 0 Å². The zero-order valence-corrected chi connectivity index (χ0v) is 12.3. The topological polar surface area (TPSA) is 35.2 Å². The molecule has 0 amide bonds. The van der Waals surface area contributed by atoms with Gasteiger partial charge in [-0.1, -0.05) is 18.2 Å². The Morgan fingerprint density at radius 2 is 1.90 bits per heavy atom. The summed E-state index contributed by atoms with van der Waals surface area (Å²) in [7, 11) is 0. The van der Waals surface area contributed by atoms with Crippen molar-refractivity contribution in [1.82, 2.24) is 0 Å². The molecule has 0 heterocycles. The quantitative estimate of drug-likeness (QED) is 0.620. The average molecular weight is 309 g/mol. The molecule has 0 aliphatic carbocycles. The van der Waals surface area contributed by atoms with Crippen LogP contribution in [0.4, 0.5) is 8.78 Å². The number of ether oxygens (including phenoxy) is 1. The van der Waals surface area contributed by atoms with Gasteiger partial charge in [0.05, 0.1) is 6.61 Å². The van der Waals surface area contributed by atoms with Crippen LogP contribution in [0.2, 0.25) is 0 Å². The average Bonchev–Trinajstić information content (AvgIpc) is 2.49. The number of hydrogen-bond acceptors (Lipinski definition) is 3. The Kier molecular flexibility index (Phi) is 6.02. The monoisotopic (exact) mass is 309 g/mol. The van der Waals surface area contributed by atoms with Gasteiger partial charge in [0.2, 0.25) is 0 Å². The van der Waals surface area contributed by atoms with Gasteiger partial charge in [0.25, 0.3) is 0 Å². The van der Waals surface area contributed by atoms with E-state index >= 15 is 0 Å². The van der Waals surface area contributed by atoms with Crippen LogP contribution in [-0.2, 0) is 6.54 Å². The summed E-state index contributed by atoms with van der Waals surface area (Å²) in [6.07, 6.45) is 0.764. The lowest BCUT2D eigenvalue weighted by Crippen LogP contribution is -2.04. The van der Waals surface area contributed by atoms with E-state index in [4.69, 9.17) is 10.5 Å². The molecule has 2 N–H and O–H groups in total. The molecule has 0 radical (unpaired) electrons. The molecule has 2 aromatic rings. The van der Waals surface area contributed by atoms with Crippen molar-refractivity contribution in [3.05, 3.63) is 59.7 Å². The van der Waals surface area contributed by atoms with Crippen LogP contribution >= 0.6 is 11.8 Å². The Balaban J connectivity index is 1.75. The fourth-order valence-corrected chi connectivity index (χ4v) is 2.67. The molecular formula is C16H17F2NOS. The number of benzene rings is 2. The van der Waals surface area contributed by atoms with Crippen LogP contribution in [0.25, 0.3) is 0 Å². The van der Waals surface area contributed by atoms with Gasteiger partial charge < -0.3 is 10.5 Å². The lowest BCUT2D eigenvalue weighted by Gasteiger charge is -2.10. The van der Waals surface area contributed by atoms with Gasteiger partial charge in [-0.05, 0) is 24.6 Å². The van der Waals surface area contributed by atoms with Gasteiger partial charge in [-0.25, -0.2) is 8.78 Å². The normalized spacial score (nSPS) is 10.6. The minimum absolute atomic E-state index is 0.436. The zero-order valence-electron chi connectivity index (χ0n) is 11.5. The first-order valence-electron chi connectivity index (χ1n) is 6.69. The predicted octanol–water partition coefficient (Wildman–Crippen LogP) is 3.98. The third kappa shape index (κ3) is 4.72. The number of thioether (sulfide) groups is 1. The highest BCUT2D eigenvalue weighted by Gasteiger charge is 2.04. The van der Waals surface area contributed by atoms with E-state index in [0.29, 0.717) is 23.8 Å². The molecule has 112 valence electrons. The third-order valence-electron chi connectivity index (χ3n) is 2.89. The summed E-state index contributed by atoms with van der Waals surface area (Å²) >= 11 is 1.35. The lowest BCUT2D eigenvalue weighted by molar-refractivity contribution is 0.315. The molecule has 0 aliphatic rings. The first-order valence-corrected chi connectivity index (χ1v) is 7.68. The van der Waals surface area contributed by atoms with Crippen molar-refractivity contribution in [2.75, 3.05) is 12.4 Å². The molecule has 0 bridgehead atoms. The predicted molar refractivity (Wildman–Crippen MR) is 81.5 cm³/mol. The number of hydrogen-bond donors (Lipinski definition) is 1. The van der Waals surface area contributed by atoms with E-state index in [2.05, 4.69) is 0 Å². The molecule has 2 rings (SSSR count). The Morgan fingerprint density at radius 1 is 1.10 bits per heavy atom. The van der Waals surface area contributed by atoms with Crippen molar-refractivity contribution in [1.29, 1.82) is 0 Å². The van der Waals surface area contributed by atoms with Crippen LogP contribution in [0, 0.1) is 11.6 Å². The number of nitrogens with two attached hydrogens (primary N) is 1. The molecule has 0 fully saturated rings. The molecule has 2 aromatic carbocycles. The standard InChI is InChI=1S/C16H17F2NOS/c17-13-6-7-16(14(18)10-13)21-9-3-8-20-15-5-2-1-4-12(15)11-19/h1-2,4-7,10H,3,8-9,11,19H2. The second-order valence-electron chi connectivity index (χ2n) is 4.44. The van der Waals surface area contributed by atoms with Crippen molar-refractivity contribution in [2.24, 2.45) is 5.73 Å². The van der Waals surface area contributed by atoms with E-state index < -0.39 is 11.6 Å². The molecule has 0 aliphatic heterocycles. The summed E-state index contributed by atoms with van der Waals surface area (Å²) in [5.41, 5.74) is 6.60. The van der Waals surface area contributed by atoms with Gasteiger partial charge in [-0.2, -0.15) is 0 Å². The molecule has 0 saturated carbocycles. The van der Waals surface area contributed by atoms with E-state index in [0.717, 1.165) is 23.8 Å². The van der Waals surface area contributed by atoms with Crippen LogP contribution in [0.3, 0.4) is 0 Å². The summed E-state index contributed by atoms with van der Waals surface area (Å²) < 4.78 is 31.9. The molecule has 21 heavy (non-hydrogen) atoms. The van der Waals surface area contributed by atoms with Crippen LogP contribution in [0.15, 0.2) is 47.4 Å². The number of halogens is 2. The SMILES string of the molecule is NCc1ccccc1OCCCSc1ccc(F)cc1F. The number of rotatable bonds is 7. The molecule has 5 heteroatoms. The van der Waals surface area contributed by atoms with Crippen LogP contribution < -0.4 is 10.5 Å². The summed E-state index contributed by atoms with van der Waals surface area (Å²) in [5, 5.41) is 0. The van der Waals surface area contributed by atoms with Crippen LogP contribution in [0.1, 0.15) is 12.0 Å². The zero-order chi connectivity index (χ0) is 15.1. The lowest BCUT2D eigenvalue weighted by atomic mass is 10.2. The maximum Gasteiger partial charge on any atom is 0.139 e. The van der Waals surface area contributed by atoms with Crippen LogP contribution in [0.5, 0.6) is 5.75 Å². The Bertz CT molecular complexity index is 592. The largest absolute Gasteiger partial charge is 0.493 e. The van der Waals surface area contributed by atoms with Gasteiger partial charge in [0.15, 0.2) is 0 Å². The van der Waals surface area contributed by atoms with Gasteiger partial charge >= 0.3 is 0 Å². The smallest absolute Gasteiger partial charge is 0.139 e. The van der Waals surface area contributed by atoms with Gasteiger partial charge in [-0.3, -0.25) is 0 Å². The minimum atomic E-state index is -0.557.